The highest BCUT2D eigenvalue weighted by Crippen LogP contribution is 2.46. The van der Waals surface area contributed by atoms with Crippen molar-refractivity contribution in [1.82, 2.24) is 14.5 Å². The van der Waals surface area contributed by atoms with Gasteiger partial charge < -0.3 is 4.57 Å². The molecule has 214 valence electrons. The lowest BCUT2D eigenvalue weighted by Gasteiger charge is -2.12. The Morgan fingerprint density at radius 3 is 2.02 bits per heavy atom. The first-order valence-corrected chi connectivity index (χ1v) is 16.3. The minimum absolute atomic E-state index is 0.752. The normalized spacial score (nSPS) is 11.9. The Labute approximate surface area is 268 Å². The van der Waals surface area contributed by atoms with E-state index < -0.39 is 0 Å². The topological polar surface area (TPSA) is 30.7 Å². The first kappa shape index (κ1) is 25.5. The van der Waals surface area contributed by atoms with Gasteiger partial charge in [0.05, 0.1) is 22.2 Å². The Balaban J connectivity index is 1.27. The van der Waals surface area contributed by atoms with Gasteiger partial charge in [0, 0.05) is 53.1 Å². The molecule has 0 bridgehead atoms. The molecule has 0 N–H and O–H groups in total. The molecule has 46 heavy (non-hydrogen) atoms. The first-order chi connectivity index (χ1) is 22.8. The lowest BCUT2D eigenvalue weighted by Crippen LogP contribution is -1.95. The highest BCUT2D eigenvalue weighted by Gasteiger charge is 2.20. The van der Waals surface area contributed by atoms with Crippen molar-refractivity contribution < 1.29 is 0 Å². The van der Waals surface area contributed by atoms with Crippen molar-refractivity contribution in [2.24, 2.45) is 0 Å². The zero-order valence-corrected chi connectivity index (χ0v) is 25.5. The summed E-state index contributed by atoms with van der Waals surface area (Å²) in [5, 5.41) is 8.51. The molecular formula is C42H25N3S. The van der Waals surface area contributed by atoms with E-state index in [0.717, 1.165) is 33.5 Å². The summed E-state index contributed by atoms with van der Waals surface area (Å²) in [6.07, 6.45) is 0. The van der Waals surface area contributed by atoms with Gasteiger partial charge in [0.1, 0.15) is 0 Å². The average molecular weight is 604 g/mol. The molecule has 3 nitrogen and oxygen atoms in total. The summed E-state index contributed by atoms with van der Waals surface area (Å²) in [4.78, 5) is 10.5. The summed E-state index contributed by atoms with van der Waals surface area (Å²) < 4.78 is 4.89. The standard InChI is InChI=1S/C42H25N3S/c1-2-14-27(15-3-1)45-36-23-9-7-18-33(36)38-37(45)25-24-31-30-20-11-21-34(40(30)46-41(31)38)42-43-35-22-8-6-17-32(35)39(44-42)29-19-10-13-26-12-4-5-16-28(26)29/h1-25H. The quantitative estimate of drug-likeness (QED) is 0.201. The number of fused-ring (bicyclic) bond motifs is 9. The molecule has 7 aromatic carbocycles. The predicted octanol–water partition coefficient (Wildman–Crippen LogP) is 11.6. The van der Waals surface area contributed by atoms with Crippen LogP contribution in [0.2, 0.25) is 0 Å². The summed E-state index contributed by atoms with van der Waals surface area (Å²) in [5.74, 6) is 0.752. The van der Waals surface area contributed by atoms with E-state index in [1.807, 2.05) is 11.3 Å². The number of para-hydroxylation sites is 3. The molecule has 3 aromatic heterocycles. The minimum atomic E-state index is 0.752. The van der Waals surface area contributed by atoms with Crippen molar-refractivity contribution >= 4 is 75.0 Å². The molecule has 0 amide bonds. The summed E-state index contributed by atoms with van der Waals surface area (Å²) in [6.45, 7) is 0. The van der Waals surface area contributed by atoms with Gasteiger partial charge >= 0.3 is 0 Å². The molecule has 0 fully saturated rings. The smallest absolute Gasteiger partial charge is 0.161 e. The molecule has 0 radical (unpaired) electrons. The van der Waals surface area contributed by atoms with E-state index in [2.05, 4.69) is 156 Å². The highest BCUT2D eigenvalue weighted by atomic mass is 32.1. The van der Waals surface area contributed by atoms with Crippen LogP contribution in [0.1, 0.15) is 0 Å². The first-order valence-electron chi connectivity index (χ1n) is 15.5. The average Bonchev–Trinajstić information content (AvgIpc) is 3.67. The number of benzene rings is 7. The van der Waals surface area contributed by atoms with Crippen LogP contribution in [0.5, 0.6) is 0 Å². The van der Waals surface area contributed by atoms with E-state index >= 15 is 0 Å². The SMILES string of the molecule is c1ccc(-n2c3ccccc3c3c4sc5c(-c6nc(-c7cccc8ccccc78)c7ccccc7n6)cccc5c4ccc32)cc1. The van der Waals surface area contributed by atoms with E-state index in [1.54, 1.807) is 0 Å². The van der Waals surface area contributed by atoms with Gasteiger partial charge in [0.25, 0.3) is 0 Å². The molecule has 10 rings (SSSR count). The number of rotatable bonds is 3. The van der Waals surface area contributed by atoms with Crippen molar-refractivity contribution in [2.75, 3.05) is 0 Å². The Hall–Kier alpha value is -5.84. The fourth-order valence-corrected chi connectivity index (χ4v) is 8.54. The largest absolute Gasteiger partial charge is 0.309 e. The molecule has 0 aliphatic rings. The van der Waals surface area contributed by atoms with Crippen LogP contribution in [0, 0.1) is 0 Å². The Morgan fingerprint density at radius 2 is 1.11 bits per heavy atom. The van der Waals surface area contributed by atoms with E-state index in [9.17, 15) is 0 Å². The van der Waals surface area contributed by atoms with Crippen molar-refractivity contribution in [3.8, 4) is 28.3 Å². The van der Waals surface area contributed by atoms with Crippen LogP contribution in [-0.4, -0.2) is 14.5 Å². The Morgan fingerprint density at radius 1 is 0.435 bits per heavy atom. The third-order valence-electron chi connectivity index (χ3n) is 9.20. The second kappa shape index (κ2) is 9.83. The van der Waals surface area contributed by atoms with Gasteiger partial charge in [-0.15, -0.1) is 11.3 Å². The van der Waals surface area contributed by atoms with Crippen LogP contribution < -0.4 is 0 Å². The highest BCUT2D eigenvalue weighted by molar-refractivity contribution is 7.27. The summed E-state index contributed by atoms with van der Waals surface area (Å²) in [5.41, 5.74) is 7.69. The Kier molecular flexibility index (Phi) is 5.45. The van der Waals surface area contributed by atoms with Crippen molar-refractivity contribution in [3.05, 3.63) is 152 Å². The van der Waals surface area contributed by atoms with Gasteiger partial charge in [-0.05, 0) is 47.2 Å². The zero-order valence-electron chi connectivity index (χ0n) is 24.7. The minimum Gasteiger partial charge on any atom is -0.309 e. The van der Waals surface area contributed by atoms with Gasteiger partial charge in [-0.25, -0.2) is 9.97 Å². The van der Waals surface area contributed by atoms with Gasteiger partial charge in [-0.3, -0.25) is 0 Å². The van der Waals surface area contributed by atoms with Crippen molar-refractivity contribution in [3.63, 3.8) is 0 Å². The van der Waals surface area contributed by atoms with Gasteiger partial charge in [0.15, 0.2) is 5.82 Å². The molecule has 0 atom stereocenters. The van der Waals surface area contributed by atoms with Crippen LogP contribution in [-0.2, 0) is 0 Å². The van der Waals surface area contributed by atoms with E-state index in [4.69, 9.17) is 9.97 Å². The lowest BCUT2D eigenvalue weighted by molar-refractivity contribution is 1.18. The maximum atomic E-state index is 5.36. The molecule has 0 aliphatic carbocycles. The van der Waals surface area contributed by atoms with Crippen LogP contribution in [0.15, 0.2) is 152 Å². The van der Waals surface area contributed by atoms with E-state index in [0.29, 0.717) is 0 Å². The molecule has 0 saturated carbocycles. The van der Waals surface area contributed by atoms with E-state index in [1.165, 1.54) is 58.4 Å². The molecule has 10 aromatic rings. The summed E-state index contributed by atoms with van der Waals surface area (Å²) >= 11 is 1.85. The van der Waals surface area contributed by atoms with Crippen LogP contribution >= 0.6 is 11.3 Å². The molecule has 0 unspecified atom stereocenters. The van der Waals surface area contributed by atoms with Crippen LogP contribution in [0.25, 0.3) is 92.0 Å². The van der Waals surface area contributed by atoms with Crippen molar-refractivity contribution in [1.29, 1.82) is 0 Å². The molecule has 0 saturated heterocycles. The molecular weight excluding hydrogens is 579 g/mol. The third kappa shape index (κ3) is 3.65. The van der Waals surface area contributed by atoms with Gasteiger partial charge in [-0.1, -0.05) is 115 Å². The molecule has 0 aliphatic heterocycles. The predicted molar refractivity (Wildman–Crippen MR) is 195 cm³/mol. The van der Waals surface area contributed by atoms with Gasteiger partial charge in [0.2, 0.25) is 0 Å². The maximum absolute atomic E-state index is 5.36. The number of nitrogens with zero attached hydrogens (tertiary/aromatic N) is 3. The van der Waals surface area contributed by atoms with Crippen molar-refractivity contribution in [2.45, 2.75) is 0 Å². The molecule has 3 heterocycles. The zero-order chi connectivity index (χ0) is 30.2. The Bertz CT molecular complexity index is 2800. The lowest BCUT2D eigenvalue weighted by atomic mass is 9.99. The molecule has 0 spiro atoms. The second-order valence-electron chi connectivity index (χ2n) is 11.7. The monoisotopic (exact) mass is 603 g/mol. The summed E-state index contributed by atoms with van der Waals surface area (Å²) in [6, 6.07) is 53.9. The van der Waals surface area contributed by atoms with E-state index in [-0.39, 0.29) is 0 Å². The summed E-state index contributed by atoms with van der Waals surface area (Å²) in [7, 11) is 0. The fraction of sp³-hybridized carbons (Fsp3) is 0. The number of hydrogen-bond acceptors (Lipinski definition) is 3. The van der Waals surface area contributed by atoms with Gasteiger partial charge in [-0.2, -0.15) is 0 Å². The number of hydrogen-bond donors (Lipinski definition) is 0. The van der Waals surface area contributed by atoms with Crippen LogP contribution in [0.3, 0.4) is 0 Å². The fourth-order valence-electron chi connectivity index (χ4n) is 7.17. The number of aromatic nitrogens is 3. The maximum Gasteiger partial charge on any atom is 0.161 e. The molecule has 4 heteroatoms. The number of thiophene rings is 1. The third-order valence-corrected chi connectivity index (χ3v) is 10.5. The van der Waals surface area contributed by atoms with Crippen LogP contribution in [0.4, 0.5) is 0 Å². The second-order valence-corrected chi connectivity index (χ2v) is 12.8.